The van der Waals surface area contributed by atoms with Gasteiger partial charge in [0.2, 0.25) is 11.8 Å². The minimum Gasteiger partial charge on any atom is -0.381 e. The molecule has 1 fully saturated rings. The molecule has 20 heavy (non-hydrogen) atoms. The van der Waals surface area contributed by atoms with Crippen LogP contribution in [0.5, 0.6) is 0 Å². The lowest BCUT2D eigenvalue weighted by Gasteiger charge is -2.27. The van der Waals surface area contributed by atoms with E-state index >= 15 is 0 Å². The third kappa shape index (κ3) is 3.32. The van der Waals surface area contributed by atoms with E-state index in [1.165, 1.54) is 6.20 Å². The Kier molecular flexibility index (Phi) is 4.67. The van der Waals surface area contributed by atoms with Crippen molar-refractivity contribution in [3.8, 4) is 0 Å². The predicted octanol–water partition coefficient (Wildman–Crippen LogP) is 1.29. The van der Waals surface area contributed by atoms with Gasteiger partial charge in [0.05, 0.1) is 11.5 Å². The zero-order valence-corrected chi connectivity index (χ0v) is 11.7. The topological polar surface area (TPSA) is 93.4 Å². The van der Waals surface area contributed by atoms with Gasteiger partial charge in [-0.3, -0.25) is 10.1 Å². The zero-order valence-electron chi connectivity index (χ0n) is 11.7. The predicted molar refractivity (Wildman–Crippen MR) is 75.0 cm³/mol. The number of ether oxygens (including phenoxy) is 1. The summed E-state index contributed by atoms with van der Waals surface area (Å²) in [5.41, 5.74) is -0.0803. The molecule has 0 spiro atoms. The Balaban J connectivity index is 2.17. The lowest BCUT2D eigenvalue weighted by molar-refractivity contribution is -0.384. The van der Waals surface area contributed by atoms with Gasteiger partial charge in [-0.15, -0.1) is 0 Å². The minimum absolute atomic E-state index is 0.0803. The molecule has 1 unspecified atom stereocenters. The smallest absolute Gasteiger partial charge is 0.329 e. The van der Waals surface area contributed by atoms with E-state index in [9.17, 15) is 10.1 Å². The summed E-state index contributed by atoms with van der Waals surface area (Å²) in [6.45, 7) is 2.18. The number of nitro groups is 1. The summed E-state index contributed by atoms with van der Waals surface area (Å²) in [6.07, 6.45) is 3.34. The molecule has 110 valence electrons. The normalized spacial score (nSPS) is 18.6. The van der Waals surface area contributed by atoms with Gasteiger partial charge in [0.15, 0.2) is 0 Å². The first kappa shape index (κ1) is 14.4. The Morgan fingerprint density at radius 1 is 1.65 bits per heavy atom. The fourth-order valence-corrected chi connectivity index (χ4v) is 2.32. The summed E-state index contributed by atoms with van der Waals surface area (Å²) in [6, 6.07) is 0. The highest BCUT2D eigenvalue weighted by Crippen LogP contribution is 2.26. The van der Waals surface area contributed by atoms with Gasteiger partial charge in [0.25, 0.3) is 0 Å². The summed E-state index contributed by atoms with van der Waals surface area (Å²) in [7, 11) is 3.49. The Hall–Kier alpha value is -1.96. The van der Waals surface area contributed by atoms with Crippen LogP contribution in [-0.2, 0) is 4.74 Å². The molecule has 0 aliphatic carbocycles. The summed E-state index contributed by atoms with van der Waals surface area (Å²) < 4.78 is 5.44. The number of hydrogen-bond donors (Lipinski definition) is 1. The third-order valence-corrected chi connectivity index (χ3v) is 3.32. The van der Waals surface area contributed by atoms with Gasteiger partial charge in [-0.05, 0) is 18.8 Å². The molecule has 1 N–H and O–H groups in total. The van der Waals surface area contributed by atoms with Crippen LogP contribution in [0.4, 0.5) is 17.5 Å². The van der Waals surface area contributed by atoms with E-state index in [1.807, 2.05) is 7.05 Å². The number of hydrogen-bond acceptors (Lipinski definition) is 7. The highest BCUT2D eigenvalue weighted by Gasteiger charge is 2.23. The molecule has 0 saturated carbocycles. The lowest BCUT2D eigenvalue weighted by Crippen LogP contribution is -2.31. The summed E-state index contributed by atoms with van der Waals surface area (Å²) >= 11 is 0. The van der Waals surface area contributed by atoms with Gasteiger partial charge >= 0.3 is 5.69 Å². The largest absolute Gasteiger partial charge is 0.381 e. The van der Waals surface area contributed by atoms with Crippen molar-refractivity contribution in [3.05, 3.63) is 16.3 Å². The molecule has 1 aliphatic rings. The second-order valence-corrected chi connectivity index (χ2v) is 4.87. The van der Waals surface area contributed by atoms with Crippen LogP contribution in [0.25, 0.3) is 0 Å². The number of rotatable bonds is 5. The maximum Gasteiger partial charge on any atom is 0.329 e. The fourth-order valence-electron chi connectivity index (χ4n) is 2.32. The molecular weight excluding hydrogens is 262 g/mol. The molecule has 1 saturated heterocycles. The van der Waals surface area contributed by atoms with Crippen LogP contribution >= 0.6 is 0 Å². The van der Waals surface area contributed by atoms with E-state index in [2.05, 4.69) is 15.3 Å². The average Bonchev–Trinajstić information content (AvgIpc) is 2.47. The van der Waals surface area contributed by atoms with Gasteiger partial charge < -0.3 is 15.0 Å². The minimum atomic E-state index is -0.456. The Bertz CT molecular complexity index is 476. The van der Waals surface area contributed by atoms with Gasteiger partial charge in [-0.2, -0.15) is 4.98 Å². The second kappa shape index (κ2) is 6.47. The van der Waals surface area contributed by atoms with E-state index in [4.69, 9.17) is 4.74 Å². The molecule has 2 heterocycles. The van der Waals surface area contributed by atoms with Gasteiger partial charge in [-0.1, -0.05) is 0 Å². The van der Waals surface area contributed by atoms with E-state index in [1.54, 1.807) is 11.9 Å². The van der Waals surface area contributed by atoms with Gasteiger partial charge in [0, 0.05) is 27.2 Å². The van der Waals surface area contributed by atoms with Crippen molar-refractivity contribution in [2.24, 2.45) is 5.92 Å². The monoisotopic (exact) mass is 281 g/mol. The van der Waals surface area contributed by atoms with E-state index in [-0.39, 0.29) is 5.69 Å². The van der Waals surface area contributed by atoms with Crippen LogP contribution in [0.2, 0.25) is 0 Å². The maximum absolute atomic E-state index is 11.1. The van der Waals surface area contributed by atoms with Crippen molar-refractivity contribution in [3.63, 3.8) is 0 Å². The average molecular weight is 281 g/mol. The Morgan fingerprint density at radius 3 is 3.05 bits per heavy atom. The van der Waals surface area contributed by atoms with Crippen LogP contribution in [0.15, 0.2) is 6.20 Å². The van der Waals surface area contributed by atoms with Crippen molar-refractivity contribution < 1.29 is 9.66 Å². The van der Waals surface area contributed by atoms with Crippen molar-refractivity contribution in [2.45, 2.75) is 12.8 Å². The van der Waals surface area contributed by atoms with E-state index in [0.29, 0.717) is 30.8 Å². The van der Waals surface area contributed by atoms with Crippen molar-refractivity contribution in [1.29, 1.82) is 0 Å². The molecule has 1 atom stereocenters. The standard InChI is InChI=1S/C12H19N5O3/c1-13-12-14-6-10(17(18)19)11(15-12)16(2)7-9-4-3-5-20-8-9/h6,9H,3-5,7-8H2,1-2H3,(H,13,14,15). The first-order valence-electron chi connectivity index (χ1n) is 6.60. The van der Waals surface area contributed by atoms with Crippen LogP contribution in [0.1, 0.15) is 12.8 Å². The number of nitrogens with one attached hydrogen (secondary N) is 1. The van der Waals surface area contributed by atoms with Crippen molar-refractivity contribution >= 4 is 17.5 Å². The molecule has 1 aromatic rings. The molecule has 8 heteroatoms. The van der Waals surface area contributed by atoms with E-state index < -0.39 is 4.92 Å². The van der Waals surface area contributed by atoms with Crippen molar-refractivity contribution in [2.75, 3.05) is 44.1 Å². The summed E-state index contributed by atoms with van der Waals surface area (Å²) in [4.78, 5) is 20.5. The third-order valence-electron chi connectivity index (χ3n) is 3.32. The molecule has 0 aromatic carbocycles. The number of nitrogens with zero attached hydrogens (tertiary/aromatic N) is 4. The molecule has 2 rings (SSSR count). The summed E-state index contributed by atoms with van der Waals surface area (Å²) in [5.74, 6) is 1.08. The van der Waals surface area contributed by atoms with Crippen LogP contribution in [-0.4, -0.2) is 48.7 Å². The second-order valence-electron chi connectivity index (χ2n) is 4.87. The maximum atomic E-state index is 11.1. The Labute approximate surface area is 117 Å². The van der Waals surface area contributed by atoms with Crippen LogP contribution in [0.3, 0.4) is 0 Å². The fraction of sp³-hybridized carbons (Fsp3) is 0.667. The molecule has 8 nitrogen and oxygen atoms in total. The molecule has 0 bridgehead atoms. The molecule has 1 aliphatic heterocycles. The van der Waals surface area contributed by atoms with Gasteiger partial charge in [-0.25, -0.2) is 4.98 Å². The first-order chi connectivity index (χ1) is 9.61. The van der Waals surface area contributed by atoms with Gasteiger partial charge in [0.1, 0.15) is 6.20 Å². The van der Waals surface area contributed by atoms with E-state index in [0.717, 1.165) is 19.4 Å². The highest BCUT2D eigenvalue weighted by atomic mass is 16.6. The molecular formula is C12H19N5O3. The number of anilines is 2. The zero-order chi connectivity index (χ0) is 14.5. The van der Waals surface area contributed by atoms with Crippen LogP contribution < -0.4 is 10.2 Å². The quantitative estimate of drug-likeness (QED) is 0.642. The number of aromatic nitrogens is 2. The highest BCUT2D eigenvalue weighted by molar-refractivity contribution is 5.58. The first-order valence-corrected chi connectivity index (χ1v) is 6.60. The molecule has 0 radical (unpaired) electrons. The molecule has 0 amide bonds. The SMILES string of the molecule is CNc1ncc([N+](=O)[O-])c(N(C)CC2CCCOC2)n1. The van der Waals surface area contributed by atoms with Crippen LogP contribution in [0, 0.1) is 16.0 Å². The summed E-state index contributed by atoms with van der Waals surface area (Å²) in [5, 5.41) is 13.9. The lowest BCUT2D eigenvalue weighted by atomic mass is 10.0. The molecule has 1 aromatic heterocycles. The van der Waals surface area contributed by atoms with Crippen molar-refractivity contribution in [1.82, 2.24) is 9.97 Å². The Morgan fingerprint density at radius 2 is 2.45 bits per heavy atom.